The number of carbonyl (C=O) groups excluding carboxylic acids is 1. The van der Waals surface area contributed by atoms with Crippen LogP contribution in [0.3, 0.4) is 0 Å². The Morgan fingerprint density at radius 1 is 1.08 bits per heavy atom. The summed E-state index contributed by atoms with van der Waals surface area (Å²) in [4.78, 5) is 22.8. The highest BCUT2D eigenvalue weighted by molar-refractivity contribution is 5.75. The fraction of sp³-hybridized carbons (Fsp3) is 0.450. The third-order valence-corrected chi connectivity index (χ3v) is 4.55. The molecule has 138 valence electrons. The number of amides is 1. The Balaban J connectivity index is 1.31. The number of hydrogen-bond donors (Lipinski definition) is 2. The summed E-state index contributed by atoms with van der Waals surface area (Å²) in [6.07, 6.45) is 6.41. The van der Waals surface area contributed by atoms with Gasteiger partial charge in [-0.3, -0.25) is 4.79 Å². The number of hydrogen-bond acceptors (Lipinski definition) is 5. The number of nitrogens with one attached hydrogen (secondary N) is 2. The normalized spacial score (nSPS) is 13.6. The zero-order valence-electron chi connectivity index (χ0n) is 15.2. The van der Waals surface area contributed by atoms with Crippen molar-refractivity contribution in [3.63, 3.8) is 0 Å². The molecular weight excluding hydrogens is 326 g/mol. The van der Waals surface area contributed by atoms with Gasteiger partial charge in [-0.25, -0.2) is 9.97 Å². The Morgan fingerprint density at radius 3 is 2.69 bits per heavy atom. The van der Waals surface area contributed by atoms with Gasteiger partial charge in [-0.05, 0) is 31.2 Å². The molecule has 26 heavy (non-hydrogen) atoms. The Bertz CT molecular complexity index is 686. The minimum atomic E-state index is 0.100. The van der Waals surface area contributed by atoms with Crippen LogP contribution in [0.1, 0.15) is 31.2 Å². The average Bonchev–Trinajstić information content (AvgIpc) is 3.21. The van der Waals surface area contributed by atoms with Gasteiger partial charge in [-0.1, -0.05) is 30.3 Å². The minimum absolute atomic E-state index is 0.100. The standard InChI is InChI=1S/C20H27N5O/c26-20(10-6-9-17-7-2-1-3-8-17)22-12-11-21-18-15-19(24-16-23-18)25-13-4-5-14-25/h1-3,7-8,15-16H,4-6,9-14H2,(H,22,26)(H,21,23,24). The Morgan fingerprint density at radius 2 is 1.88 bits per heavy atom. The Labute approximate surface area is 155 Å². The monoisotopic (exact) mass is 353 g/mol. The first kappa shape index (κ1) is 18.2. The van der Waals surface area contributed by atoms with Gasteiger partial charge in [-0.15, -0.1) is 0 Å². The molecule has 1 saturated heterocycles. The summed E-state index contributed by atoms with van der Waals surface area (Å²) in [5.41, 5.74) is 1.28. The molecule has 1 aromatic heterocycles. The van der Waals surface area contributed by atoms with E-state index in [1.54, 1.807) is 6.33 Å². The molecule has 0 atom stereocenters. The molecule has 3 rings (SSSR count). The molecule has 0 aliphatic carbocycles. The topological polar surface area (TPSA) is 70.2 Å². The van der Waals surface area contributed by atoms with Gasteiger partial charge in [0.25, 0.3) is 0 Å². The van der Waals surface area contributed by atoms with E-state index in [0.717, 1.165) is 37.6 Å². The van der Waals surface area contributed by atoms with E-state index in [-0.39, 0.29) is 5.91 Å². The second-order valence-electron chi connectivity index (χ2n) is 6.57. The first-order valence-electron chi connectivity index (χ1n) is 9.43. The van der Waals surface area contributed by atoms with Gasteiger partial charge < -0.3 is 15.5 Å². The number of aromatic nitrogens is 2. The molecule has 2 N–H and O–H groups in total. The van der Waals surface area contributed by atoms with Gasteiger partial charge >= 0.3 is 0 Å². The summed E-state index contributed by atoms with van der Waals surface area (Å²) in [6, 6.07) is 12.2. The summed E-state index contributed by atoms with van der Waals surface area (Å²) >= 11 is 0. The first-order valence-corrected chi connectivity index (χ1v) is 9.43. The van der Waals surface area contributed by atoms with Crippen molar-refractivity contribution in [2.45, 2.75) is 32.1 Å². The summed E-state index contributed by atoms with van der Waals surface area (Å²) in [5.74, 6) is 1.88. The van der Waals surface area contributed by atoms with Gasteiger partial charge in [0.2, 0.25) is 5.91 Å². The Kier molecular flexibility index (Phi) is 6.81. The lowest BCUT2D eigenvalue weighted by molar-refractivity contribution is -0.121. The van der Waals surface area contributed by atoms with Crippen LogP contribution >= 0.6 is 0 Å². The maximum atomic E-state index is 11.9. The van der Waals surface area contributed by atoms with Gasteiger partial charge in [-0.2, -0.15) is 0 Å². The van der Waals surface area contributed by atoms with Gasteiger partial charge in [0, 0.05) is 38.7 Å². The fourth-order valence-corrected chi connectivity index (χ4v) is 3.14. The second-order valence-corrected chi connectivity index (χ2v) is 6.57. The molecule has 1 aliphatic rings. The van der Waals surface area contributed by atoms with Crippen molar-refractivity contribution in [1.82, 2.24) is 15.3 Å². The van der Waals surface area contributed by atoms with Crippen LogP contribution < -0.4 is 15.5 Å². The van der Waals surface area contributed by atoms with Crippen LogP contribution in [-0.2, 0) is 11.2 Å². The molecule has 0 unspecified atom stereocenters. The van der Waals surface area contributed by atoms with Crippen molar-refractivity contribution >= 4 is 17.5 Å². The van der Waals surface area contributed by atoms with E-state index in [1.165, 1.54) is 18.4 Å². The molecule has 0 radical (unpaired) electrons. The minimum Gasteiger partial charge on any atom is -0.368 e. The van der Waals surface area contributed by atoms with E-state index >= 15 is 0 Å². The predicted octanol–water partition coefficient (Wildman–Crippen LogP) is 2.63. The predicted molar refractivity (Wildman–Crippen MR) is 104 cm³/mol. The zero-order chi connectivity index (χ0) is 18.0. The van der Waals surface area contributed by atoms with Crippen LogP contribution in [0, 0.1) is 0 Å². The molecule has 1 aliphatic heterocycles. The van der Waals surface area contributed by atoms with Crippen LogP contribution in [0.4, 0.5) is 11.6 Å². The van der Waals surface area contributed by atoms with Gasteiger partial charge in [0.15, 0.2) is 0 Å². The maximum Gasteiger partial charge on any atom is 0.220 e. The van der Waals surface area contributed by atoms with Crippen molar-refractivity contribution in [2.75, 3.05) is 36.4 Å². The summed E-state index contributed by atoms with van der Waals surface area (Å²) in [5, 5.41) is 6.21. The summed E-state index contributed by atoms with van der Waals surface area (Å²) < 4.78 is 0. The molecular formula is C20H27N5O. The highest BCUT2D eigenvalue weighted by Crippen LogP contribution is 2.18. The summed E-state index contributed by atoms with van der Waals surface area (Å²) in [7, 11) is 0. The number of benzene rings is 1. The van der Waals surface area contributed by atoms with E-state index in [1.807, 2.05) is 24.3 Å². The zero-order valence-corrected chi connectivity index (χ0v) is 15.2. The largest absolute Gasteiger partial charge is 0.368 e. The molecule has 1 aromatic carbocycles. The van der Waals surface area contributed by atoms with E-state index in [4.69, 9.17) is 0 Å². The van der Waals surface area contributed by atoms with Crippen molar-refractivity contribution in [3.8, 4) is 0 Å². The Hall–Kier alpha value is -2.63. The molecule has 0 saturated carbocycles. The van der Waals surface area contributed by atoms with Crippen LogP contribution in [0.2, 0.25) is 0 Å². The third-order valence-electron chi connectivity index (χ3n) is 4.55. The quantitative estimate of drug-likeness (QED) is 0.678. The molecule has 0 bridgehead atoms. The van der Waals surface area contributed by atoms with E-state index in [9.17, 15) is 4.79 Å². The van der Waals surface area contributed by atoms with E-state index in [2.05, 4.69) is 37.6 Å². The van der Waals surface area contributed by atoms with Crippen LogP contribution in [0.5, 0.6) is 0 Å². The van der Waals surface area contributed by atoms with Crippen LogP contribution in [0.15, 0.2) is 42.7 Å². The SMILES string of the molecule is O=C(CCCc1ccccc1)NCCNc1cc(N2CCCC2)ncn1. The van der Waals surface area contributed by atoms with Crippen LogP contribution in [-0.4, -0.2) is 42.1 Å². The van der Waals surface area contributed by atoms with Gasteiger partial charge in [0.05, 0.1) is 0 Å². The number of aryl methyl sites for hydroxylation is 1. The van der Waals surface area contributed by atoms with Crippen molar-refractivity contribution in [1.29, 1.82) is 0 Å². The lowest BCUT2D eigenvalue weighted by Gasteiger charge is -2.16. The smallest absolute Gasteiger partial charge is 0.220 e. The number of rotatable bonds is 9. The second kappa shape index (κ2) is 9.75. The lowest BCUT2D eigenvalue weighted by Crippen LogP contribution is -2.28. The molecule has 1 fully saturated rings. The molecule has 0 spiro atoms. The van der Waals surface area contributed by atoms with Crippen molar-refractivity contribution in [3.05, 3.63) is 48.3 Å². The van der Waals surface area contributed by atoms with Crippen molar-refractivity contribution in [2.24, 2.45) is 0 Å². The van der Waals surface area contributed by atoms with E-state index in [0.29, 0.717) is 19.5 Å². The maximum absolute atomic E-state index is 11.9. The average molecular weight is 353 g/mol. The summed E-state index contributed by atoms with van der Waals surface area (Å²) in [6.45, 7) is 3.37. The highest BCUT2D eigenvalue weighted by atomic mass is 16.1. The van der Waals surface area contributed by atoms with Gasteiger partial charge in [0.1, 0.15) is 18.0 Å². The number of carbonyl (C=O) groups is 1. The number of nitrogens with zero attached hydrogens (tertiary/aromatic N) is 3. The molecule has 6 nitrogen and oxygen atoms in total. The lowest BCUT2D eigenvalue weighted by atomic mass is 10.1. The molecule has 2 heterocycles. The first-order chi connectivity index (χ1) is 12.8. The van der Waals surface area contributed by atoms with E-state index < -0.39 is 0 Å². The number of anilines is 2. The third kappa shape index (κ3) is 5.72. The van der Waals surface area contributed by atoms with Crippen molar-refractivity contribution < 1.29 is 4.79 Å². The fourth-order valence-electron chi connectivity index (χ4n) is 3.14. The molecule has 2 aromatic rings. The van der Waals surface area contributed by atoms with Crippen LogP contribution in [0.25, 0.3) is 0 Å². The highest BCUT2D eigenvalue weighted by Gasteiger charge is 2.13. The molecule has 1 amide bonds. The molecule has 6 heteroatoms.